The van der Waals surface area contributed by atoms with Crippen LogP contribution in [0.5, 0.6) is 0 Å². The molecule has 0 amide bonds. The Morgan fingerprint density at radius 2 is 1.07 bits per heavy atom. The fraction of sp³-hybridized carbons (Fsp3) is 0.963. The first kappa shape index (κ1) is 37.4. The van der Waals surface area contributed by atoms with Crippen LogP contribution in [0.2, 0.25) is 0 Å². The summed E-state index contributed by atoms with van der Waals surface area (Å²) in [5.74, 6) is -0.507. The third-order valence-electron chi connectivity index (χ3n) is 7.18. The number of unbranched alkanes of at least 4 members (excludes halogenated alkanes) is 14. The van der Waals surface area contributed by atoms with Gasteiger partial charge in [-0.25, -0.2) is 4.57 Å². The van der Waals surface area contributed by atoms with E-state index in [1.165, 1.54) is 70.6 Å². The summed E-state index contributed by atoms with van der Waals surface area (Å²) in [7, 11) is -4.98. The third kappa shape index (κ3) is 15.5. The second-order valence-electron chi connectivity index (χ2n) is 10.8. The molecule has 0 aromatic heterocycles. The van der Waals surface area contributed by atoms with Crippen molar-refractivity contribution in [2.45, 2.75) is 152 Å². The average Bonchev–Trinajstić information content (AvgIpc) is 2.93. The highest BCUT2D eigenvalue weighted by Crippen LogP contribution is 2.47. The summed E-state index contributed by atoms with van der Waals surface area (Å²) in [4.78, 5) is 21.7. The van der Waals surface area contributed by atoms with Crippen molar-refractivity contribution in [3.05, 3.63) is 0 Å². The van der Waals surface area contributed by atoms with Crippen molar-refractivity contribution in [1.82, 2.24) is 0 Å². The first-order chi connectivity index (χ1) is 19.0. The van der Waals surface area contributed by atoms with E-state index in [2.05, 4.69) is 16.0 Å². The molecule has 0 radical (unpaired) electrons. The lowest BCUT2D eigenvalue weighted by atomic mass is 9.85. The molecule has 0 spiro atoms. The molecule has 1 saturated carbocycles. The quantitative estimate of drug-likeness (QED) is 0.0513. The molecule has 238 valence electrons. The van der Waals surface area contributed by atoms with Gasteiger partial charge in [0, 0.05) is 6.42 Å². The minimum absolute atomic E-state index is 0.196. The topological polar surface area (TPSA) is 203 Å². The van der Waals surface area contributed by atoms with Crippen LogP contribution in [0.1, 0.15) is 110 Å². The first-order valence-corrected chi connectivity index (χ1v) is 16.4. The van der Waals surface area contributed by atoms with Crippen molar-refractivity contribution in [2.24, 2.45) is 0 Å². The van der Waals surface area contributed by atoms with E-state index in [1.807, 2.05) is 0 Å². The van der Waals surface area contributed by atoms with Gasteiger partial charge in [0.05, 0.1) is 6.61 Å². The number of phosphoric ester groups is 1. The Balaban J connectivity index is 2.06. The van der Waals surface area contributed by atoms with E-state index in [9.17, 15) is 44.9 Å². The van der Waals surface area contributed by atoms with Gasteiger partial charge in [-0.1, -0.05) is 96.8 Å². The van der Waals surface area contributed by atoms with Crippen LogP contribution in [0.3, 0.4) is 0 Å². The number of aliphatic hydroxyl groups is 6. The molecular weight excluding hydrogens is 547 g/mol. The highest BCUT2D eigenvalue weighted by atomic mass is 31.2. The van der Waals surface area contributed by atoms with Crippen molar-refractivity contribution in [2.75, 3.05) is 13.2 Å². The summed E-state index contributed by atoms with van der Waals surface area (Å²) < 4.78 is 26.3. The highest BCUT2D eigenvalue weighted by Gasteiger charge is 2.51. The van der Waals surface area contributed by atoms with Crippen molar-refractivity contribution >= 4 is 13.8 Å². The van der Waals surface area contributed by atoms with Gasteiger partial charge in [-0.2, -0.15) is 0 Å². The van der Waals surface area contributed by atoms with Crippen molar-refractivity contribution in [1.29, 1.82) is 0 Å². The fourth-order valence-corrected chi connectivity index (χ4v) is 5.61. The third-order valence-corrected chi connectivity index (χ3v) is 8.16. The number of phosphoric acid groups is 1. The Morgan fingerprint density at radius 1 is 0.675 bits per heavy atom. The fourth-order valence-electron chi connectivity index (χ4n) is 4.64. The zero-order valence-corrected chi connectivity index (χ0v) is 24.8. The molecule has 3 unspecified atom stereocenters. The molecule has 0 aliphatic heterocycles. The van der Waals surface area contributed by atoms with Crippen molar-refractivity contribution in [3.63, 3.8) is 0 Å². The Kier molecular flexibility index (Phi) is 19.7. The normalized spacial score (nSPS) is 27.3. The van der Waals surface area contributed by atoms with Crippen LogP contribution in [-0.2, 0) is 23.1 Å². The molecule has 1 rings (SSSR count). The molecule has 1 aliphatic carbocycles. The van der Waals surface area contributed by atoms with Crippen LogP contribution < -0.4 is 0 Å². The molecule has 8 atom stereocenters. The van der Waals surface area contributed by atoms with E-state index in [0.717, 1.165) is 19.3 Å². The lowest BCUT2D eigenvalue weighted by molar-refractivity contribution is -0.220. The summed E-state index contributed by atoms with van der Waals surface area (Å²) in [6.45, 7) is 0.989. The Morgan fingerprint density at radius 3 is 1.52 bits per heavy atom. The Labute approximate surface area is 238 Å². The minimum Gasteiger partial charge on any atom is -0.463 e. The molecule has 40 heavy (non-hydrogen) atoms. The van der Waals surface area contributed by atoms with Gasteiger partial charge in [0.15, 0.2) is 0 Å². The lowest BCUT2D eigenvalue weighted by Gasteiger charge is -2.41. The van der Waals surface area contributed by atoms with Crippen molar-refractivity contribution < 1.29 is 58.7 Å². The van der Waals surface area contributed by atoms with Crippen LogP contribution in [-0.4, -0.2) is 97.4 Å². The maximum absolute atomic E-state index is 12.1. The van der Waals surface area contributed by atoms with Gasteiger partial charge in [-0.15, -0.1) is 0 Å². The number of carbonyl (C=O) groups excluding carboxylic acids is 1. The number of aliphatic hydroxyl groups excluding tert-OH is 6. The summed E-state index contributed by atoms with van der Waals surface area (Å²) in [6, 6.07) is 0. The Bertz CT molecular complexity index is 695. The predicted molar refractivity (Wildman–Crippen MR) is 147 cm³/mol. The lowest BCUT2D eigenvalue weighted by Crippen LogP contribution is -2.64. The minimum atomic E-state index is -4.98. The number of carbonyl (C=O) groups is 1. The predicted octanol–water partition coefficient (Wildman–Crippen LogP) is 2.47. The molecule has 1 fully saturated rings. The van der Waals surface area contributed by atoms with E-state index in [4.69, 9.17) is 4.74 Å². The highest BCUT2D eigenvalue weighted by molar-refractivity contribution is 7.47. The zero-order valence-electron chi connectivity index (χ0n) is 23.9. The maximum Gasteiger partial charge on any atom is 0.472 e. The Hall–Kier alpha value is -0.660. The van der Waals surface area contributed by atoms with Crippen molar-refractivity contribution in [3.8, 4) is 0 Å². The van der Waals surface area contributed by atoms with Crippen LogP contribution in [0.4, 0.5) is 0 Å². The molecule has 0 bridgehead atoms. The van der Waals surface area contributed by atoms with Crippen LogP contribution in [0, 0.1) is 0 Å². The smallest absolute Gasteiger partial charge is 0.463 e. The van der Waals surface area contributed by atoms with Crippen LogP contribution >= 0.6 is 7.82 Å². The van der Waals surface area contributed by atoms with Crippen LogP contribution in [0.25, 0.3) is 0 Å². The van der Waals surface area contributed by atoms with Gasteiger partial charge in [-0.05, 0) is 6.42 Å². The van der Waals surface area contributed by atoms with E-state index < -0.39 is 69.7 Å². The number of rotatable bonds is 23. The maximum atomic E-state index is 12.1. The van der Waals surface area contributed by atoms with Gasteiger partial charge < -0.3 is 40.3 Å². The molecule has 0 saturated heterocycles. The zero-order chi connectivity index (χ0) is 30.0. The molecular formula is C27H53O12P. The van der Waals surface area contributed by atoms with E-state index in [0.29, 0.717) is 6.42 Å². The van der Waals surface area contributed by atoms with Gasteiger partial charge in [0.1, 0.15) is 49.3 Å². The monoisotopic (exact) mass is 600 g/mol. The van der Waals surface area contributed by atoms with Crippen LogP contribution in [0.15, 0.2) is 0 Å². The molecule has 12 nitrogen and oxygen atoms in total. The molecule has 0 aromatic rings. The first-order valence-electron chi connectivity index (χ1n) is 14.9. The largest absolute Gasteiger partial charge is 0.472 e. The van der Waals surface area contributed by atoms with E-state index >= 15 is 0 Å². The summed E-state index contributed by atoms with van der Waals surface area (Å²) in [5, 5.41) is 58.5. The van der Waals surface area contributed by atoms with Gasteiger partial charge in [0.25, 0.3) is 0 Å². The summed E-state index contributed by atoms with van der Waals surface area (Å²) in [6.07, 6.45) is 5.23. The van der Waals surface area contributed by atoms with E-state index in [1.54, 1.807) is 0 Å². The molecule has 1 aliphatic rings. The van der Waals surface area contributed by atoms with Gasteiger partial charge >= 0.3 is 13.8 Å². The van der Waals surface area contributed by atoms with Gasteiger partial charge in [-0.3, -0.25) is 13.8 Å². The second kappa shape index (κ2) is 21.1. The number of ether oxygens (including phenoxy) is 1. The standard InChI is InChI=1S/C27H53O12P/c1-2-3-4-5-6-7-8-9-10-11-12-13-14-15-16-17-21(29)37-18-20(28)19-38-40(35,36)39-27-25(33)23(31)22(30)24(32)26(27)34/h20,22-28,30-34H,2-19H2,1H3,(H,35,36)/t20-,22?,23+,24+,25-,26+,27?/m1/s1. The summed E-state index contributed by atoms with van der Waals surface area (Å²) >= 11 is 0. The van der Waals surface area contributed by atoms with E-state index in [-0.39, 0.29) is 6.42 Å². The van der Waals surface area contributed by atoms with Gasteiger partial charge in [0.2, 0.25) is 0 Å². The summed E-state index contributed by atoms with van der Waals surface area (Å²) in [5.41, 5.74) is 0. The number of hydrogen-bond donors (Lipinski definition) is 7. The number of hydrogen-bond acceptors (Lipinski definition) is 11. The molecule has 13 heteroatoms. The number of esters is 1. The average molecular weight is 601 g/mol. The second-order valence-corrected chi connectivity index (χ2v) is 12.2. The molecule has 0 heterocycles. The SMILES string of the molecule is CCCCCCCCCCCCCCCCCC(=O)OC[C@@H](O)COP(=O)(O)OC1[C@@H](O)[C@@H](O)C(O)[C@H](O)[C@H]1O. The molecule has 7 N–H and O–H groups in total. The molecule has 0 aromatic carbocycles.